The summed E-state index contributed by atoms with van der Waals surface area (Å²) in [4.78, 5) is 11.4. The number of carbonyl (C=O) groups excluding carboxylic acids is 1. The zero-order valence-electron chi connectivity index (χ0n) is 20.1. The van der Waals surface area contributed by atoms with Crippen LogP contribution in [0.15, 0.2) is 0 Å². The van der Waals surface area contributed by atoms with Gasteiger partial charge < -0.3 is 9.84 Å². The molecule has 3 nitrogen and oxygen atoms in total. The fraction of sp³-hybridized carbons (Fsp3) is 0.962. The second-order valence-corrected chi connectivity index (χ2v) is 8.89. The molecule has 0 aliphatic heterocycles. The Hall–Kier alpha value is -0.570. The topological polar surface area (TPSA) is 46.5 Å². The summed E-state index contributed by atoms with van der Waals surface area (Å²) in [6.07, 6.45) is 23.1. The zero-order chi connectivity index (χ0) is 21.6. The third-order valence-electron chi connectivity index (χ3n) is 6.10. The lowest BCUT2D eigenvalue weighted by molar-refractivity contribution is -0.147. The monoisotopic (exact) mass is 412 g/mol. The van der Waals surface area contributed by atoms with E-state index >= 15 is 0 Å². The van der Waals surface area contributed by atoms with E-state index in [4.69, 9.17) is 4.74 Å². The standard InChI is InChI=1S/C26H52O3/c1-4-7-9-11-13-15-17-19-21-24(25(27)23-29-26(28)6-3)22-20-18-16-14-12-10-8-5-2/h24-25,27H,4-23H2,1-3H3. The summed E-state index contributed by atoms with van der Waals surface area (Å²) in [5.74, 6) is 0.0711. The summed E-state index contributed by atoms with van der Waals surface area (Å²) >= 11 is 0. The first-order chi connectivity index (χ1) is 14.2. The van der Waals surface area contributed by atoms with Crippen LogP contribution >= 0.6 is 0 Å². The number of unbranched alkanes of at least 4 members (excludes halogenated alkanes) is 14. The predicted molar refractivity (Wildman–Crippen MR) is 125 cm³/mol. The number of aliphatic hydroxyl groups is 1. The van der Waals surface area contributed by atoms with Crippen molar-refractivity contribution in [2.24, 2.45) is 5.92 Å². The number of hydrogen-bond acceptors (Lipinski definition) is 3. The molecular formula is C26H52O3. The number of carbonyl (C=O) groups is 1. The van der Waals surface area contributed by atoms with Gasteiger partial charge in [0.05, 0.1) is 6.10 Å². The van der Waals surface area contributed by atoms with Gasteiger partial charge in [-0.3, -0.25) is 4.79 Å². The van der Waals surface area contributed by atoms with Crippen molar-refractivity contribution in [3.05, 3.63) is 0 Å². The minimum absolute atomic E-state index is 0.172. The molecule has 174 valence electrons. The molecule has 3 heteroatoms. The molecule has 0 fully saturated rings. The maximum atomic E-state index is 11.4. The second kappa shape index (κ2) is 22.1. The Morgan fingerprint density at radius 3 is 1.41 bits per heavy atom. The number of ether oxygens (including phenoxy) is 1. The lowest BCUT2D eigenvalue weighted by Crippen LogP contribution is -2.27. The zero-order valence-corrected chi connectivity index (χ0v) is 20.1. The van der Waals surface area contributed by atoms with Crippen LogP contribution in [0.3, 0.4) is 0 Å². The van der Waals surface area contributed by atoms with Crippen molar-refractivity contribution < 1.29 is 14.6 Å². The largest absolute Gasteiger partial charge is 0.463 e. The molecule has 0 radical (unpaired) electrons. The van der Waals surface area contributed by atoms with Crippen molar-refractivity contribution in [2.45, 2.75) is 149 Å². The quantitative estimate of drug-likeness (QED) is 0.145. The predicted octanol–water partition coefficient (Wildman–Crippen LogP) is 7.98. The van der Waals surface area contributed by atoms with Gasteiger partial charge >= 0.3 is 5.97 Å². The molecule has 0 heterocycles. The maximum Gasteiger partial charge on any atom is 0.305 e. The van der Waals surface area contributed by atoms with Crippen LogP contribution in [0.4, 0.5) is 0 Å². The normalized spacial score (nSPS) is 12.4. The lowest BCUT2D eigenvalue weighted by atomic mass is 9.89. The first-order valence-corrected chi connectivity index (χ1v) is 13.0. The molecule has 0 aliphatic carbocycles. The van der Waals surface area contributed by atoms with Gasteiger partial charge in [0.2, 0.25) is 0 Å². The molecule has 0 saturated carbocycles. The molecule has 0 aromatic rings. The van der Waals surface area contributed by atoms with Gasteiger partial charge in [0.25, 0.3) is 0 Å². The summed E-state index contributed by atoms with van der Waals surface area (Å²) < 4.78 is 5.21. The van der Waals surface area contributed by atoms with Crippen LogP contribution in [0.25, 0.3) is 0 Å². The van der Waals surface area contributed by atoms with Crippen molar-refractivity contribution in [1.29, 1.82) is 0 Å². The number of aliphatic hydroxyl groups excluding tert-OH is 1. The van der Waals surface area contributed by atoms with Crippen molar-refractivity contribution >= 4 is 5.97 Å². The Kier molecular flexibility index (Phi) is 21.7. The van der Waals surface area contributed by atoms with Crippen LogP contribution < -0.4 is 0 Å². The Labute approximate surface area is 182 Å². The summed E-state index contributed by atoms with van der Waals surface area (Å²) in [6.45, 7) is 6.49. The molecule has 0 aromatic carbocycles. The van der Waals surface area contributed by atoms with Crippen LogP contribution in [0.1, 0.15) is 143 Å². The second-order valence-electron chi connectivity index (χ2n) is 8.89. The molecule has 0 rings (SSSR count). The Bertz CT molecular complexity index is 323. The lowest BCUT2D eigenvalue weighted by Gasteiger charge is -2.23. The summed E-state index contributed by atoms with van der Waals surface area (Å²) in [6, 6.07) is 0. The van der Waals surface area contributed by atoms with Crippen molar-refractivity contribution in [3.63, 3.8) is 0 Å². The summed E-state index contributed by atoms with van der Waals surface area (Å²) in [7, 11) is 0. The maximum absolute atomic E-state index is 11.4. The van der Waals surface area contributed by atoms with E-state index in [9.17, 15) is 9.90 Å². The minimum Gasteiger partial charge on any atom is -0.463 e. The number of hydrogen-bond donors (Lipinski definition) is 1. The van der Waals surface area contributed by atoms with E-state index in [0.717, 1.165) is 12.8 Å². The molecule has 0 aliphatic rings. The molecule has 0 aromatic heterocycles. The van der Waals surface area contributed by atoms with E-state index < -0.39 is 6.10 Å². The molecular weight excluding hydrogens is 360 g/mol. The molecule has 0 amide bonds. The molecule has 1 atom stereocenters. The van der Waals surface area contributed by atoms with Crippen molar-refractivity contribution in [2.75, 3.05) is 6.61 Å². The number of rotatable bonds is 22. The average molecular weight is 413 g/mol. The Morgan fingerprint density at radius 1 is 0.655 bits per heavy atom. The fourth-order valence-electron chi connectivity index (χ4n) is 4.03. The molecule has 0 saturated heterocycles. The van der Waals surface area contributed by atoms with E-state index in [1.54, 1.807) is 6.92 Å². The first-order valence-electron chi connectivity index (χ1n) is 13.0. The van der Waals surface area contributed by atoms with Gasteiger partial charge in [-0.25, -0.2) is 0 Å². The van der Waals surface area contributed by atoms with Crippen LogP contribution in [0.2, 0.25) is 0 Å². The van der Waals surface area contributed by atoms with E-state index in [-0.39, 0.29) is 18.5 Å². The van der Waals surface area contributed by atoms with Crippen molar-refractivity contribution in [3.8, 4) is 0 Å². The molecule has 1 unspecified atom stereocenters. The van der Waals surface area contributed by atoms with Gasteiger partial charge in [0.15, 0.2) is 0 Å². The van der Waals surface area contributed by atoms with E-state index in [1.165, 1.54) is 103 Å². The minimum atomic E-state index is -0.500. The first kappa shape index (κ1) is 28.4. The summed E-state index contributed by atoms with van der Waals surface area (Å²) in [5, 5.41) is 10.6. The number of esters is 1. The highest BCUT2D eigenvalue weighted by Crippen LogP contribution is 2.23. The molecule has 0 bridgehead atoms. The smallest absolute Gasteiger partial charge is 0.305 e. The Morgan fingerprint density at radius 2 is 1.03 bits per heavy atom. The van der Waals surface area contributed by atoms with Crippen LogP contribution in [0.5, 0.6) is 0 Å². The molecule has 29 heavy (non-hydrogen) atoms. The van der Waals surface area contributed by atoms with Gasteiger partial charge in [-0.05, 0) is 18.8 Å². The highest BCUT2D eigenvalue weighted by molar-refractivity contribution is 5.68. The van der Waals surface area contributed by atoms with Gasteiger partial charge in [0.1, 0.15) is 6.61 Å². The van der Waals surface area contributed by atoms with Gasteiger partial charge in [-0.15, -0.1) is 0 Å². The summed E-state index contributed by atoms with van der Waals surface area (Å²) in [5.41, 5.74) is 0. The third kappa shape index (κ3) is 19.2. The highest BCUT2D eigenvalue weighted by Gasteiger charge is 2.20. The average Bonchev–Trinajstić information content (AvgIpc) is 2.73. The van der Waals surface area contributed by atoms with Crippen LogP contribution in [-0.2, 0) is 9.53 Å². The van der Waals surface area contributed by atoms with Crippen molar-refractivity contribution in [1.82, 2.24) is 0 Å². The SMILES string of the molecule is CCCCCCCCCCC(CCCCCCCCCC)C(O)COC(=O)CC. The van der Waals surface area contributed by atoms with Crippen LogP contribution in [-0.4, -0.2) is 23.8 Å². The highest BCUT2D eigenvalue weighted by atomic mass is 16.5. The Balaban J connectivity index is 4.04. The van der Waals surface area contributed by atoms with E-state index in [0.29, 0.717) is 6.42 Å². The van der Waals surface area contributed by atoms with Gasteiger partial charge in [-0.1, -0.05) is 124 Å². The molecule has 0 spiro atoms. The third-order valence-corrected chi connectivity index (χ3v) is 6.10. The van der Waals surface area contributed by atoms with Crippen LogP contribution in [0, 0.1) is 5.92 Å². The van der Waals surface area contributed by atoms with E-state index in [2.05, 4.69) is 13.8 Å². The fourth-order valence-corrected chi connectivity index (χ4v) is 4.03. The van der Waals surface area contributed by atoms with Gasteiger partial charge in [-0.2, -0.15) is 0 Å². The van der Waals surface area contributed by atoms with E-state index in [1.807, 2.05) is 0 Å². The molecule has 1 N–H and O–H groups in total. The van der Waals surface area contributed by atoms with Gasteiger partial charge in [0, 0.05) is 6.42 Å².